The molecule has 0 saturated heterocycles. The number of hydrogen-bond donors (Lipinski definition) is 1. The molecule has 0 aromatic carbocycles. The number of allylic oxidation sites excluding steroid dienone is 4. The molecule has 0 bridgehead atoms. The van der Waals surface area contributed by atoms with Crippen molar-refractivity contribution in [2.45, 2.75) is 29.9 Å². The topological polar surface area (TPSA) is 24.9 Å². The van der Waals surface area contributed by atoms with Crippen molar-refractivity contribution < 1.29 is 11.0 Å². The summed E-state index contributed by atoms with van der Waals surface area (Å²) in [5.41, 5.74) is 2.21. The average molecular weight is 304 g/mol. The van der Waals surface area contributed by atoms with E-state index in [-0.39, 0.29) is 29.0 Å². The minimum absolute atomic E-state index is 0.0151. The lowest BCUT2D eigenvalue weighted by Crippen LogP contribution is -2.23. The Morgan fingerprint density at radius 2 is 2.52 bits per heavy atom. The highest BCUT2D eigenvalue weighted by Crippen LogP contribution is 2.50. The molecule has 1 aliphatic carbocycles. The summed E-state index contributed by atoms with van der Waals surface area (Å²) in [6.07, 6.45) is 5.75. The first-order valence-corrected chi connectivity index (χ1v) is 7.41. The van der Waals surface area contributed by atoms with E-state index in [0.717, 1.165) is 24.2 Å². The van der Waals surface area contributed by atoms with E-state index in [1.807, 2.05) is 18.2 Å². The molecule has 0 saturated carbocycles. The predicted octanol–water partition coefficient (Wildman–Crippen LogP) is 4.12. The van der Waals surface area contributed by atoms with E-state index in [0.29, 0.717) is 10.7 Å². The summed E-state index contributed by atoms with van der Waals surface area (Å²) in [6, 6.07) is 3.32. The molecule has 0 spiro atoms. The lowest BCUT2D eigenvalue weighted by Gasteiger charge is -2.24. The first kappa shape index (κ1) is 7.50. The zero-order chi connectivity index (χ0) is 21.4. The summed E-state index contributed by atoms with van der Waals surface area (Å²) in [5.74, 6) is -0.0151. The zero-order valence-corrected chi connectivity index (χ0v) is 12.1. The van der Waals surface area contributed by atoms with Crippen LogP contribution >= 0.6 is 11.8 Å². The third-order valence-electron chi connectivity index (χ3n) is 3.49. The Morgan fingerprint density at radius 1 is 1.52 bits per heavy atom. The van der Waals surface area contributed by atoms with Gasteiger partial charge in [0.25, 0.3) is 0 Å². The Labute approximate surface area is 142 Å². The number of hydrogen-bond acceptors (Lipinski definition) is 3. The van der Waals surface area contributed by atoms with Crippen molar-refractivity contribution in [3.05, 3.63) is 71.6 Å². The summed E-state index contributed by atoms with van der Waals surface area (Å²) in [5, 5.41) is 3.53. The van der Waals surface area contributed by atoms with Gasteiger partial charge in [0.2, 0.25) is 0 Å². The molecule has 1 aromatic rings. The van der Waals surface area contributed by atoms with E-state index in [4.69, 9.17) is 11.0 Å². The number of rotatable bonds is 4. The number of aromatic nitrogens is 1. The molecule has 1 aliphatic heterocycles. The molecule has 0 amide bonds. The average Bonchev–Trinajstić information content (AvgIpc) is 3.02. The van der Waals surface area contributed by atoms with Crippen molar-refractivity contribution in [1.29, 1.82) is 0 Å². The highest BCUT2D eigenvalue weighted by atomic mass is 32.2. The van der Waals surface area contributed by atoms with Gasteiger partial charge < -0.3 is 5.32 Å². The number of nitrogens with zero attached hydrogens (tertiary/aromatic N) is 1. The number of thioether (sulfide) groups is 1. The molecular weight excluding hydrogens is 276 g/mol. The molecule has 3 heteroatoms. The SMILES string of the molecule is [2H]C=C(NCC(=C[2H])C([2H])([2H])[2H])C1=CC=CC2c3ccc(C([2H])([2H])[2H])nc3SC12. The molecule has 2 atom stereocenters. The van der Waals surface area contributed by atoms with E-state index >= 15 is 0 Å². The standard InChI is InChI=1S/C18H20N2S/c1-11(2)10-19-13(4)14-6-5-7-15-16-9-8-12(3)20-18(16)21-17(14)15/h5-9,15,17,19H,1,4,10H2,2-3H3/i1D,2D3,3D3,4D. The van der Waals surface area contributed by atoms with Gasteiger partial charge in [0, 0.05) is 37.3 Å². The zero-order valence-electron chi connectivity index (χ0n) is 19.3. The maximum absolute atomic E-state index is 7.79. The van der Waals surface area contributed by atoms with Crippen LogP contribution in [0.25, 0.3) is 0 Å². The van der Waals surface area contributed by atoms with Crippen LogP contribution in [-0.2, 0) is 0 Å². The van der Waals surface area contributed by atoms with E-state index in [9.17, 15) is 0 Å². The number of fused-ring (bicyclic) bond motifs is 3. The number of aryl methyl sites for hydroxylation is 1. The maximum Gasteiger partial charge on any atom is 0.101 e. The van der Waals surface area contributed by atoms with E-state index in [1.165, 1.54) is 17.8 Å². The summed E-state index contributed by atoms with van der Waals surface area (Å²) in [7, 11) is 0. The second-order valence-corrected chi connectivity index (χ2v) is 6.08. The van der Waals surface area contributed by atoms with E-state index in [1.54, 1.807) is 6.07 Å². The lowest BCUT2D eigenvalue weighted by atomic mass is 9.87. The molecule has 2 aliphatic rings. The van der Waals surface area contributed by atoms with Crippen LogP contribution < -0.4 is 5.32 Å². The molecular formula is C18H20N2S. The fourth-order valence-corrected chi connectivity index (χ4v) is 3.98. The first-order valence-electron chi connectivity index (χ1n) is 10.7. The van der Waals surface area contributed by atoms with Crippen LogP contribution in [0.15, 0.2) is 65.3 Å². The quantitative estimate of drug-likeness (QED) is 0.847. The van der Waals surface area contributed by atoms with Gasteiger partial charge in [-0.1, -0.05) is 54.7 Å². The molecule has 0 radical (unpaired) electrons. The van der Waals surface area contributed by atoms with Crippen molar-refractivity contribution in [3.63, 3.8) is 0 Å². The Kier molecular flexibility index (Phi) is 1.99. The normalized spacial score (nSPS) is 31.1. The van der Waals surface area contributed by atoms with Crippen LogP contribution in [0.1, 0.15) is 35.0 Å². The van der Waals surface area contributed by atoms with Gasteiger partial charge in [-0.3, -0.25) is 0 Å². The van der Waals surface area contributed by atoms with Gasteiger partial charge in [0.15, 0.2) is 0 Å². The summed E-state index contributed by atoms with van der Waals surface area (Å²) >= 11 is 1.44. The van der Waals surface area contributed by atoms with Crippen LogP contribution in [-0.4, -0.2) is 16.8 Å². The maximum atomic E-state index is 7.79. The van der Waals surface area contributed by atoms with Crippen molar-refractivity contribution in [2.24, 2.45) is 0 Å². The Bertz CT molecular complexity index is 911. The van der Waals surface area contributed by atoms with Crippen LogP contribution in [0.5, 0.6) is 0 Å². The summed E-state index contributed by atoms with van der Waals surface area (Å²) in [6.45, 7) is -2.77. The Balaban J connectivity index is 1.83. The van der Waals surface area contributed by atoms with Crippen LogP contribution in [0, 0.1) is 6.85 Å². The second-order valence-electron chi connectivity index (χ2n) is 4.95. The monoisotopic (exact) mass is 304 g/mol. The Hall–Kier alpha value is -1.74. The molecule has 0 fully saturated rings. The Morgan fingerprint density at radius 3 is 3.33 bits per heavy atom. The minimum atomic E-state index is -2.38. The molecule has 1 aromatic heterocycles. The largest absolute Gasteiger partial charge is 0.382 e. The van der Waals surface area contributed by atoms with E-state index < -0.39 is 13.7 Å². The molecule has 2 heterocycles. The molecule has 3 rings (SSSR count). The fourth-order valence-electron chi connectivity index (χ4n) is 2.53. The van der Waals surface area contributed by atoms with Gasteiger partial charge >= 0.3 is 0 Å². The first-order chi connectivity index (χ1) is 13.6. The fraction of sp³-hybridized carbons (Fsp3) is 0.278. The highest BCUT2D eigenvalue weighted by molar-refractivity contribution is 8.00. The lowest BCUT2D eigenvalue weighted by molar-refractivity contribution is 0.798. The van der Waals surface area contributed by atoms with Crippen molar-refractivity contribution in [1.82, 2.24) is 10.3 Å². The van der Waals surface area contributed by atoms with E-state index in [2.05, 4.69) is 10.3 Å². The third-order valence-corrected chi connectivity index (χ3v) is 4.85. The molecule has 108 valence electrons. The van der Waals surface area contributed by atoms with Crippen molar-refractivity contribution in [2.75, 3.05) is 6.54 Å². The highest BCUT2D eigenvalue weighted by Gasteiger charge is 2.37. The van der Waals surface area contributed by atoms with Gasteiger partial charge in [-0.2, -0.15) is 0 Å². The van der Waals surface area contributed by atoms with Gasteiger partial charge in [0.05, 0.1) is 2.74 Å². The van der Waals surface area contributed by atoms with Gasteiger partial charge in [0.1, 0.15) is 5.03 Å². The minimum Gasteiger partial charge on any atom is -0.382 e. The molecule has 2 nitrogen and oxygen atoms in total. The number of pyridine rings is 1. The van der Waals surface area contributed by atoms with Gasteiger partial charge in [-0.15, -0.1) is 0 Å². The summed E-state index contributed by atoms with van der Waals surface area (Å²) < 4.78 is 60.2. The third kappa shape index (κ3) is 2.70. The molecule has 2 unspecified atom stereocenters. The van der Waals surface area contributed by atoms with Crippen LogP contribution in [0.2, 0.25) is 0 Å². The van der Waals surface area contributed by atoms with Gasteiger partial charge in [-0.05, 0) is 30.9 Å². The van der Waals surface area contributed by atoms with Crippen molar-refractivity contribution in [3.8, 4) is 0 Å². The second kappa shape index (κ2) is 5.57. The number of nitrogens with one attached hydrogen (secondary N) is 1. The smallest absolute Gasteiger partial charge is 0.101 e. The van der Waals surface area contributed by atoms with Crippen molar-refractivity contribution >= 4 is 11.8 Å². The van der Waals surface area contributed by atoms with Crippen LogP contribution in [0.4, 0.5) is 0 Å². The van der Waals surface area contributed by atoms with Gasteiger partial charge in [-0.25, -0.2) is 4.98 Å². The van der Waals surface area contributed by atoms with Crippen LogP contribution in [0.3, 0.4) is 0 Å². The predicted molar refractivity (Wildman–Crippen MR) is 90.5 cm³/mol. The molecule has 1 N–H and O–H groups in total. The summed E-state index contributed by atoms with van der Waals surface area (Å²) in [4.78, 5) is 4.33. The molecule has 21 heavy (non-hydrogen) atoms.